The molecule has 3 saturated heterocycles. The summed E-state index contributed by atoms with van der Waals surface area (Å²) in [5.74, 6) is -0.172. The zero-order valence-electron chi connectivity index (χ0n) is 26.6. The van der Waals surface area contributed by atoms with Crippen LogP contribution in [0.1, 0.15) is 57.0 Å². The van der Waals surface area contributed by atoms with Crippen LogP contribution in [0.2, 0.25) is 0 Å². The lowest BCUT2D eigenvalue weighted by Crippen LogP contribution is -2.56. The molecule has 3 aromatic rings. The molecule has 0 spiro atoms. The number of amides is 4. The Labute approximate surface area is 285 Å². The quantitative estimate of drug-likeness (QED) is 0.351. The van der Waals surface area contributed by atoms with E-state index < -0.39 is 11.9 Å². The first-order valence-electron chi connectivity index (χ1n) is 16.0. The van der Waals surface area contributed by atoms with Crippen LogP contribution in [0.3, 0.4) is 0 Å². The summed E-state index contributed by atoms with van der Waals surface area (Å²) in [7, 11) is 3.70. The maximum Gasteiger partial charge on any atom is 0.282 e. The number of imide groups is 1. The number of hydrogen-bond donors (Lipinski definition) is 2. The Bertz CT molecular complexity index is 1860. The zero-order valence-corrected chi connectivity index (χ0v) is 28.2. The highest BCUT2D eigenvalue weighted by Gasteiger charge is 2.40. The van der Waals surface area contributed by atoms with Crippen LogP contribution in [0.25, 0.3) is 0 Å². The second kappa shape index (κ2) is 12.8. The highest BCUT2D eigenvalue weighted by Crippen LogP contribution is 2.32. The number of nitrogens with one attached hydrogen (secondary N) is 2. The lowest BCUT2D eigenvalue weighted by molar-refractivity contribution is -0.136. The van der Waals surface area contributed by atoms with Crippen molar-refractivity contribution in [1.82, 2.24) is 29.8 Å². The maximum atomic E-state index is 13.2. The number of aromatic nitrogens is 2. The summed E-state index contributed by atoms with van der Waals surface area (Å²) in [6.07, 6.45) is 2.88. The van der Waals surface area contributed by atoms with Crippen molar-refractivity contribution in [2.45, 2.75) is 49.9 Å². The van der Waals surface area contributed by atoms with Gasteiger partial charge in [0.1, 0.15) is 22.4 Å². The van der Waals surface area contributed by atoms with Crippen molar-refractivity contribution in [3.05, 3.63) is 85.7 Å². The van der Waals surface area contributed by atoms with Crippen molar-refractivity contribution in [3.8, 4) is 5.75 Å². The minimum Gasteiger partial charge on any atom is -0.487 e. The first-order valence-corrected chi connectivity index (χ1v) is 16.8. The van der Waals surface area contributed by atoms with E-state index >= 15 is 0 Å². The van der Waals surface area contributed by atoms with Gasteiger partial charge in [-0.05, 0) is 83.2 Å². The van der Waals surface area contributed by atoms with Gasteiger partial charge in [-0.1, -0.05) is 12.1 Å². The van der Waals surface area contributed by atoms with Gasteiger partial charge >= 0.3 is 0 Å². The molecule has 2 aromatic carbocycles. The summed E-state index contributed by atoms with van der Waals surface area (Å²) in [4.78, 5) is 67.9. The largest absolute Gasteiger partial charge is 0.487 e. The second-order valence-electron chi connectivity index (χ2n) is 13.1. The number of benzene rings is 2. The van der Waals surface area contributed by atoms with Gasteiger partial charge in [-0.25, -0.2) is 4.68 Å². The maximum absolute atomic E-state index is 13.2. The van der Waals surface area contributed by atoms with Crippen molar-refractivity contribution in [2.75, 3.05) is 38.5 Å². The fourth-order valence-electron chi connectivity index (χ4n) is 7.07. The second-order valence-corrected chi connectivity index (χ2v) is 13.9. The first kappa shape index (κ1) is 32.0. The average molecular weight is 719 g/mol. The van der Waals surface area contributed by atoms with E-state index in [0.29, 0.717) is 46.5 Å². The molecule has 1 aromatic heterocycles. The first-order chi connectivity index (χ1) is 23.0. The lowest BCUT2D eigenvalue weighted by atomic mass is 9.87. The fourth-order valence-corrected chi connectivity index (χ4v) is 7.55. The number of ether oxygens (including phenoxy) is 1. The molecule has 14 heteroatoms. The minimum absolute atomic E-state index is 0.0517. The van der Waals surface area contributed by atoms with Crippen LogP contribution in [-0.2, 0) is 23.2 Å². The van der Waals surface area contributed by atoms with E-state index in [1.54, 1.807) is 30.3 Å². The van der Waals surface area contributed by atoms with Crippen LogP contribution >= 0.6 is 15.9 Å². The Morgan fingerprint density at radius 2 is 1.79 bits per heavy atom. The number of hydrogen-bond acceptors (Lipinski definition) is 9. The van der Waals surface area contributed by atoms with E-state index in [4.69, 9.17) is 4.74 Å². The number of nitrogens with zero attached hydrogens (tertiary/aromatic N) is 5. The van der Waals surface area contributed by atoms with Gasteiger partial charge in [0.15, 0.2) is 0 Å². The summed E-state index contributed by atoms with van der Waals surface area (Å²) in [5.41, 5.74) is 3.57. The molecule has 0 bridgehead atoms. The van der Waals surface area contributed by atoms with E-state index in [2.05, 4.69) is 43.6 Å². The summed E-state index contributed by atoms with van der Waals surface area (Å²) in [6.45, 7) is 2.90. The molecule has 5 heterocycles. The molecule has 13 nitrogen and oxygen atoms in total. The van der Waals surface area contributed by atoms with Gasteiger partial charge in [-0.3, -0.25) is 29.3 Å². The van der Waals surface area contributed by atoms with Gasteiger partial charge in [-0.15, -0.1) is 0 Å². The van der Waals surface area contributed by atoms with Gasteiger partial charge in [0.2, 0.25) is 11.8 Å². The van der Waals surface area contributed by atoms with E-state index in [1.165, 1.54) is 9.58 Å². The Kier molecular flexibility index (Phi) is 8.54. The molecular formula is C34H36BrN7O6. The lowest BCUT2D eigenvalue weighted by Gasteiger charge is -2.39. The Morgan fingerprint density at radius 1 is 1.02 bits per heavy atom. The molecule has 3 unspecified atom stereocenters. The van der Waals surface area contributed by atoms with Crippen molar-refractivity contribution in [2.24, 2.45) is 7.05 Å². The number of halogens is 1. The number of anilines is 1. The van der Waals surface area contributed by atoms with E-state index in [-0.39, 0.29) is 54.3 Å². The average Bonchev–Trinajstić information content (AvgIpc) is 3.37. The van der Waals surface area contributed by atoms with Crippen LogP contribution in [0.4, 0.5) is 5.69 Å². The fraction of sp³-hybridized carbons (Fsp3) is 0.412. The molecule has 250 valence electrons. The number of carbonyl (C=O) groups is 4. The van der Waals surface area contributed by atoms with Crippen LogP contribution in [0.15, 0.2) is 57.9 Å². The Hall–Kier alpha value is -4.56. The van der Waals surface area contributed by atoms with Crippen LogP contribution in [-0.4, -0.2) is 99.5 Å². The molecule has 3 fully saturated rings. The standard InChI is InChI=1S/C34H36BrN7O6/c1-39-14-21(11-23(16-39)37-27-13-36-40(2)34(47)30(27)35)19-3-5-20(6-4-19)32(45)41-17-25(18-41)48-24-7-8-26-22(12-24)15-42(33(26)46)28-9-10-29(43)38-31(28)44/h3-8,12-13,21,23,25,28,37H,9-11,14-18H2,1-2H3,(H,38,43,44). The smallest absolute Gasteiger partial charge is 0.282 e. The third-order valence-electron chi connectivity index (χ3n) is 9.63. The summed E-state index contributed by atoms with van der Waals surface area (Å²) in [5, 5.41) is 9.94. The molecule has 4 aliphatic heterocycles. The van der Waals surface area contributed by atoms with Crippen molar-refractivity contribution >= 4 is 45.2 Å². The third kappa shape index (κ3) is 6.21. The number of rotatable bonds is 7. The van der Waals surface area contributed by atoms with Gasteiger partial charge in [0.05, 0.1) is 25.0 Å². The summed E-state index contributed by atoms with van der Waals surface area (Å²) < 4.78 is 7.90. The van der Waals surface area contributed by atoms with Crippen LogP contribution in [0, 0.1) is 0 Å². The molecule has 3 atom stereocenters. The predicted octanol–water partition coefficient (Wildman–Crippen LogP) is 2.11. The number of piperidine rings is 2. The normalized spacial score (nSPS) is 23.1. The monoisotopic (exact) mass is 717 g/mol. The van der Waals surface area contributed by atoms with Gasteiger partial charge in [0.25, 0.3) is 17.4 Å². The number of fused-ring (bicyclic) bond motifs is 1. The van der Waals surface area contributed by atoms with Crippen molar-refractivity contribution < 1.29 is 23.9 Å². The topological polar surface area (TPSA) is 146 Å². The number of likely N-dealkylation sites (tertiary alicyclic amines) is 2. The molecule has 4 aliphatic rings. The number of aryl methyl sites for hydroxylation is 1. The van der Waals surface area contributed by atoms with Crippen LogP contribution < -0.4 is 20.9 Å². The molecule has 0 aliphatic carbocycles. The zero-order chi connectivity index (χ0) is 33.7. The van der Waals surface area contributed by atoms with E-state index in [1.807, 2.05) is 30.3 Å². The van der Waals surface area contributed by atoms with Crippen LogP contribution in [0.5, 0.6) is 5.75 Å². The van der Waals surface area contributed by atoms with E-state index in [9.17, 15) is 24.0 Å². The Morgan fingerprint density at radius 3 is 2.54 bits per heavy atom. The molecule has 2 N–H and O–H groups in total. The highest BCUT2D eigenvalue weighted by atomic mass is 79.9. The molecule has 7 rings (SSSR count). The van der Waals surface area contributed by atoms with Crippen molar-refractivity contribution in [1.29, 1.82) is 0 Å². The van der Waals surface area contributed by atoms with Crippen molar-refractivity contribution in [3.63, 3.8) is 0 Å². The number of likely N-dealkylation sites (N-methyl/N-ethyl adjacent to an activating group) is 1. The molecular weight excluding hydrogens is 682 g/mol. The molecule has 0 saturated carbocycles. The van der Waals surface area contributed by atoms with Gasteiger partial charge < -0.3 is 24.8 Å². The Balaban J connectivity index is 0.922. The van der Waals surface area contributed by atoms with E-state index in [0.717, 1.165) is 30.6 Å². The summed E-state index contributed by atoms with van der Waals surface area (Å²) >= 11 is 3.40. The predicted molar refractivity (Wildman–Crippen MR) is 179 cm³/mol. The molecule has 4 amide bonds. The summed E-state index contributed by atoms with van der Waals surface area (Å²) in [6, 6.07) is 12.6. The third-order valence-corrected chi connectivity index (χ3v) is 10.4. The highest BCUT2D eigenvalue weighted by molar-refractivity contribution is 9.10. The van der Waals surface area contributed by atoms with Gasteiger partial charge in [0, 0.05) is 50.3 Å². The minimum atomic E-state index is -0.664. The van der Waals surface area contributed by atoms with Gasteiger partial charge in [-0.2, -0.15) is 5.10 Å². The molecule has 48 heavy (non-hydrogen) atoms. The molecule has 0 radical (unpaired) electrons. The SMILES string of the molecule is CN1CC(Nc2cnn(C)c(=O)c2Br)CC(c2ccc(C(=O)N3CC(Oc4ccc5c(c4)CN(C4CCC(=O)NC4=O)C5=O)C3)cc2)C1. The number of carbonyl (C=O) groups excluding carboxylic acids is 4.